The van der Waals surface area contributed by atoms with E-state index in [1.54, 1.807) is 0 Å². The van der Waals surface area contributed by atoms with Gasteiger partial charge < -0.3 is 24.7 Å². The molecule has 0 bridgehead atoms. The molecule has 1 saturated carbocycles. The summed E-state index contributed by atoms with van der Waals surface area (Å²) in [7, 11) is 1.51. The van der Waals surface area contributed by atoms with Crippen LogP contribution < -0.4 is 5.73 Å². The number of likely N-dealkylation sites (N-methyl/N-ethyl adjacent to an activating group) is 1. The fourth-order valence-electron chi connectivity index (χ4n) is 3.93. The number of amides is 2. The molecule has 2 amide bonds. The summed E-state index contributed by atoms with van der Waals surface area (Å²) < 4.78 is 21.8. The Labute approximate surface area is 178 Å². The molecule has 166 valence electrons. The van der Waals surface area contributed by atoms with Crippen LogP contribution in [-0.2, 0) is 33.3 Å². The summed E-state index contributed by atoms with van der Waals surface area (Å²) in [6.45, 7) is 1.69. The number of quaternary nitrogens is 1. The summed E-state index contributed by atoms with van der Waals surface area (Å²) in [6, 6.07) is -0.649. The van der Waals surface area contributed by atoms with Crippen LogP contribution in [0.25, 0.3) is 0 Å². The number of hydrogen-bond acceptors (Lipinski definition) is 9. The molecule has 4 aliphatic rings. The summed E-state index contributed by atoms with van der Waals surface area (Å²) in [6.07, 6.45) is 2.67. The molecule has 0 spiro atoms. The molecule has 2 fully saturated rings. The molecule has 5 atom stereocenters. The SMILES string of the molecule is CCC1(C(=O)OC[C@H]2O[C@@H]([N+]3(C)C=CC(N)=NC3=O)[C@H]3OC(=O)/C=C\C(=O)OC23)CC1. The number of ether oxygens (including phenoxy) is 4. The van der Waals surface area contributed by atoms with Crippen molar-refractivity contribution in [1.82, 2.24) is 0 Å². The molecule has 1 saturated heterocycles. The number of rotatable bonds is 5. The minimum atomic E-state index is -1.14. The molecule has 0 aromatic rings. The molecule has 4 rings (SSSR count). The fourth-order valence-corrected chi connectivity index (χ4v) is 3.93. The second-order valence-corrected chi connectivity index (χ2v) is 8.22. The van der Waals surface area contributed by atoms with E-state index in [4.69, 9.17) is 24.7 Å². The summed E-state index contributed by atoms with van der Waals surface area (Å²) in [5.74, 6) is -1.88. The lowest BCUT2D eigenvalue weighted by Crippen LogP contribution is -2.58. The predicted octanol–water partition coefficient (Wildman–Crippen LogP) is 0.289. The molecule has 11 nitrogen and oxygen atoms in total. The van der Waals surface area contributed by atoms with Crippen LogP contribution >= 0.6 is 0 Å². The highest BCUT2D eigenvalue weighted by Crippen LogP contribution is 2.49. The van der Waals surface area contributed by atoms with Crippen LogP contribution in [0.3, 0.4) is 0 Å². The van der Waals surface area contributed by atoms with Gasteiger partial charge in [0.15, 0.2) is 6.10 Å². The largest absolute Gasteiger partial charge is 0.462 e. The number of amidine groups is 1. The van der Waals surface area contributed by atoms with E-state index in [1.807, 2.05) is 6.92 Å². The Morgan fingerprint density at radius 3 is 2.42 bits per heavy atom. The highest BCUT2D eigenvalue weighted by Gasteiger charge is 2.61. The number of urea groups is 1. The standard InChI is InChI=1S/C20H23N3O8/c1-3-20(7-8-20)18(26)28-10-11-15-16(31-14(25)5-4-13(24)30-15)17(29-11)23(2)9-6-12(21)22-19(23)27/h4-6,9,11,15-17H,3,7-8,10H2,1-2H3,(H-,21,22,27)/p+1/b5-4-/t11-,15?,16+,17-,23?/m1/s1. The summed E-state index contributed by atoms with van der Waals surface area (Å²) in [5, 5.41) is 0. The van der Waals surface area contributed by atoms with Gasteiger partial charge in [-0.15, -0.1) is 4.99 Å². The Morgan fingerprint density at radius 2 is 1.84 bits per heavy atom. The summed E-state index contributed by atoms with van der Waals surface area (Å²) >= 11 is 0. The van der Waals surface area contributed by atoms with Crippen molar-refractivity contribution in [3.8, 4) is 0 Å². The average molecular weight is 434 g/mol. The number of carbonyl (C=O) groups is 4. The van der Waals surface area contributed by atoms with Gasteiger partial charge in [0.05, 0.1) is 12.5 Å². The number of esters is 3. The number of fused-ring (bicyclic) bond motifs is 1. The van der Waals surface area contributed by atoms with E-state index in [1.165, 1.54) is 19.3 Å². The molecular weight excluding hydrogens is 410 g/mol. The fraction of sp³-hybridized carbons (Fsp3) is 0.550. The third kappa shape index (κ3) is 3.74. The Bertz CT molecular complexity index is 921. The smallest absolute Gasteiger partial charge is 0.451 e. The van der Waals surface area contributed by atoms with Gasteiger partial charge in [-0.05, 0) is 19.3 Å². The van der Waals surface area contributed by atoms with Crippen LogP contribution in [0.5, 0.6) is 0 Å². The Morgan fingerprint density at radius 1 is 1.19 bits per heavy atom. The van der Waals surface area contributed by atoms with Gasteiger partial charge in [-0.3, -0.25) is 4.79 Å². The molecular formula is C20H24N3O8+. The average Bonchev–Trinajstić information content (AvgIpc) is 3.46. The van der Waals surface area contributed by atoms with Crippen molar-refractivity contribution < 1.29 is 42.6 Å². The molecule has 3 heterocycles. The molecule has 1 aliphatic carbocycles. The highest BCUT2D eigenvalue weighted by molar-refractivity contribution is 5.99. The molecule has 2 N–H and O–H groups in total. The monoisotopic (exact) mass is 434 g/mol. The van der Waals surface area contributed by atoms with E-state index < -0.39 is 52.4 Å². The minimum absolute atomic E-state index is 0.0268. The lowest BCUT2D eigenvalue weighted by atomic mass is 10.0. The van der Waals surface area contributed by atoms with Gasteiger partial charge >= 0.3 is 23.9 Å². The Hall–Kier alpha value is -3.05. The minimum Gasteiger partial charge on any atom is -0.462 e. The third-order valence-corrected chi connectivity index (χ3v) is 6.21. The summed E-state index contributed by atoms with van der Waals surface area (Å²) in [5.41, 5.74) is 5.13. The number of nitrogens with two attached hydrogens (primary N) is 1. The number of carbonyl (C=O) groups excluding carboxylic acids is 4. The molecule has 0 aromatic carbocycles. The second-order valence-electron chi connectivity index (χ2n) is 8.22. The van der Waals surface area contributed by atoms with E-state index >= 15 is 0 Å². The second kappa shape index (κ2) is 7.57. The quantitative estimate of drug-likeness (QED) is 0.367. The zero-order chi connectivity index (χ0) is 22.4. The van der Waals surface area contributed by atoms with Crippen LogP contribution in [-0.4, -0.2) is 72.5 Å². The van der Waals surface area contributed by atoms with Gasteiger partial charge in [0.25, 0.3) is 0 Å². The van der Waals surface area contributed by atoms with Crippen LogP contribution in [0.2, 0.25) is 0 Å². The zero-order valence-corrected chi connectivity index (χ0v) is 17.2. The van der Waals surface area contributed by atoms with Crippen molar-refractivity contribution >= 4 is 29.8 Å². The van der Waals surface area contributed by atoms with Crippen molar-refractivity contribution in [3.63, 3.8) is 0 Å². The first-order valence-electron chi connectivity index (χ1n) is 10.0. The molecule has 0 radical (unpaired) electrons. The highest BCUT2D eigenvalue weighted by atomic mass is 16.7. The molecule has 11 heteroatoms. The molecule has 3 aliphatic heterocycles. The molecule has 31 heavy (non-hydrogen) atoms. The van der Waals surface area contributed by atoms with Crippen LogP contribution in [0.15, 0.2) is 29.4 Å². The first-order chi connectivity index (χ1) is 14.7. The van der Waals surface area contributed by atoms with Gasteiger partial charge in [0, 0.05) is 18.2 Å². The van der Waals surface area contributed by atoms with Crippen molar-refractivity contribution in [1.29, 1.82) is 0 Å². The van der Waals surface area contributed by atoms with Crippen molar-refractivity contribution in [2.45, 2.75) is 50.7 Å². The van der Waals surface area contributed by atoms with Crippen LogP contribution in [0.1, 0.15) is 26.2 Å². The maximum atomic E-state index is 12.7. The Balaban J connectivity index is 1.60. The topological polar surface area (TPSA) is 144 Å². The van der Waals surface area contributed by atoms with Crippen molar-refractivity contribution in [3.05, 3.63) is 24.4 Å². The van der Waals surface area contributed by atoms with Crippen LogP contribution in [0, 0.1) is 5.41 Å². The van der Waals surface area contributed by atoms with Crippen LogP contribution in [0.4, 0.5) is 4.79 Å². The predicted molar refractivity (Wildman–Crippen MR) is 103 cm³/mol. The van der Waals surface area contributed by atoms with Gasteiger partial charge in [-0.1, -0.05) is 6.92 Å². The molecule has 0 aromatic heterocycles. The maximum Gasteiger partial charge on any atom is 0.451 e. The molecule has 2 unspecified atom stereocenters. The van der Waals surface area contributed by atoms with E-state index in [0.717, 1.165) is 25.0 Å². The van der Waals surface area contributed by atoms with Gasteiger partial charge in [0.1, 0.15) is 24.7 Å². The first kappa shape index (κ1) is 21.2. The van der Waals surface area contributed by atoms with E-state index in [9.17, 15) is 19.2 Å². The lowest BCUT2D eigenvalue weighted by Gasteiger charge is -2.34. The first-order valence-corrected chi connectivity index (χ1v) is 10.0. The van der Waals surface area contributed by atoms with Gasteiger partial charge in [0.2, 0.25) is 12.3 Å². The number of aliphatic imine (C=N–C) groups is 1. The van der Waals surface area contributed by atoms with Crippen molar-refractivity contribution in [2.75, 3.05) is 13.7 Å². The van der Waals surface area contributed by atoms with Crippen molar-refractivity contribution in [2.24, 2.45) is 16.1 Å². The Kier molecular flexibility index (Phi) is 5.18. The number of hydrogen-bond donors (Lipinski definition) is 1. The van der Waals surface area contributed by atoms with E-state index in [-0.39, 0.29) is 18.4 Å². The van der Waals surface area contributed by atoms with Gasteiger partial charge in [-0.2, -0.15) is 4.48 Å². The van der Waals surface area contributed by atoms with E-state index in [2.05, 4.69) is 4.99 Å². The maximum absolute atomic E-state index is 12.7. The number of nitrogens with zero attached hydrogens (tertiary/aromatic N) is 2. The summed E-state index contributed by atoms with van der Waals surface area (Å²) in [4.78, 5) is 53.1. The zero-order valence-electron chi connectivity index (χ0n) is 17.2. The van der Waals surface area contributed by atoms with Gasteiger partial charge in [-0.25, -0.2) is 14.4 Å². The lowest BCUT2D eigenvalue weighted by molar-refractivity contribution is -0.834. The normalized spacial score (nSPS) is 37.0. The third-order valence-electron chi connectivity index (χ3n) is 6.21. The van der Waals surface area contributed by atoms with E-state index in [0.29, 0.717) is 6.42 Å².